The highest BCUT2D eigenvalue weighted by atomic mass is 35.5. The zero-order chi connectivity index (χ0) is 21.8. The van der Waals surface area contributed by atoms with Crippen LogP contribution in [0.1, 0.15) is 22.8 Å². The summed E-state index contributed by atoms with van der Waals surface area (Å²) in [7, 11) is 3.99. The van der Waals surface area contributed by atoms with Crippen LogP contribution in [0.3, 0.4) is 0 Å². The Kier molecular flexibility index (Phi) is 8.48. The van der Waals surface area contributed by atoms with Gasteiger partial charge < -0.3 is 9.64 Å². The number of fused-ring (bicyclic) bond motifs is 1. The summed E-state index contributed by atoms with van der Waals surface area (Å²) >= 11 is 1.60. The lowest BCUT2D eigenvalue weighted by Crippen LogP contribution is -2.43. The van der Waals surface area contributed by atoms with E-state index < -0.39 is 0 Å². The topological polar surface area (TPSA) is 48.9 Å². The predicted octanol–water partition coefficient (Wildman–Crippen LogP) is 4.33. The Bertz CT molecular complexity index is 1030. The van der Waals surface area contributed by atoms with Crippen LogP contribution in [0.25, 0.3) is 10.2 Å². The molecule has 0 saturated carbocycles. The number of amides is 1. The summed E-state index contributed by atoms with van der Waals surface area (Å²) < 4.78 is 6.59. The van der Waals surface area contributed by atoms with Crippen LogP contribution in [-0.2, 0) is 11.2 Å². The first-order chi connectivity index (χ1) is 15.0. The quantitative estimate of drug-likeness (QED) is 0.510. The van der Waals surface area contributed by atoms with Crippen LogP contribution >= 0.6 is 23.7 Å². The summed E-state index contributed by atoms with van der Waals surface area (Å²) in [5.74, 6) is -0.00617. The normalized spacial score (nSPS) is 14.2. The van der Waals surface area contributed by atoms with Crippen molar-refractivity contribution in [2.75, 3.05) is 63.3 Å². The Morgan fingerprint density at radius 2 is 1.84 bits per heavy atom. The Morgan fingerprint density at radius 1 is 1.12 bits per heavy atom. The van der Waals surface area contributed by atoms with E-state index in [0.29, 0.717) is 12.1 Å². The van der Waals surface area contributed by atoms with Gasteiger partial charge in [0.25, 0.3) is 5.91 Å². The Morgan fingerprint density at radius 3 is 2.50 bits per heavy atom. The lowest BCUT2D eigenvalue weighted by molar-refractivity contribution is 0.0391. The molecule has 172 valence electrons. The van der Waals surface area contributed by atoms with Gasteiger partial charge in [-0.3, -0.25) is 14.6 Å². The van der Waals surface area contributed by atoms with Gasteiger partial charge in [-0.15, -0.1) is 12.4 Å². The number of anilines is 2. The molecular formula is C24H31ClN4O2S. The molecule has 0 N–H and O–H groups in total. The molecule has 8 heteroatoms. The Labute approximate surface area is 200 Å². The van der Waals surface area contributed by atoms with Crippen molar-refractivity contribution in [2.45, 2.75) is 13.3 Å². The highest BCUT2D eigenvalue weighted by Gasteiger charge is 2.23. The van der Waals surface area contributed by atoms with Crippen molar-refractivity contribution >= 4 is 50.7 Å². The van der Waals surface area contributed by atoms with Crippen LogP contribution in [0.5, 0.6) is 0 Å². The number of ether oxygens (including phenoxy) is 1. The molecule has 1 amide bonds. The first kappa shape index (κ1) is 24.5. The van der Waals surface area contributed by atoms with Gasteiger partial charge in [0, 0.05) is 51.5 Å². The predicted molar refractivity (Wildman–Crippen MR) is 136 cm³/mol. The molecule has 3 aromatic rings. The van der Waals surface area contributed by atoms with Crippen molar-refractivity contribution in [1.82, 2.24) is 9.88 Å². The molecule has 0 atom stereocenters. The molecule has 6 nitrogen and oxygen atoms in total. The molecule has 4 rings (SSSR count). The van der Waals surface area contributed by atoms with Gasteiger partial charge in [0.15, 0.2) is 5.13 Å². The summed E-state index contributed by atoms with van der Waals surface area (Å²) in [6.45, 7) is 6.87. The van der Waals surface area contributed by atoms with Crippen LogP contribution in [0.2, 0.25) is 0 Å². The van der Waals surface area contributed by atoms with E-state index in [1.165, 1.54) is 5.56 Å². The van der Waals surface area contributed by atoms with Crippen LogP contribution in [0, 0.1) is 0 Å². The minimum atomic E-state index is -0.00617. The van der Waals surface area contributed by atoms with E-state index in [2.05, 4.69) is 30.0 Å². The maximum absolute atomic E-state index is 13.5. The van der Waals surface area contributed by atoms with Crippen molar-refractivity contribution in [2.24, 2.45) is 0 Å². The molecule has 0 spiro atoms. The van der Waals surface area contributed by atoms with Gasteiger partial charge in [-0.25, -0.2) is 4.98 Å². The Hall–Kier alpha value is -2.19. The summed E-state index contributed by atoms with van der Waals surface area (Å²) in [5.41, 5.74) is 3.99. The van der Waals surface area contributed by atoms with Gasteiger partial charge in [0.05, 0.1) is 23.4 Å². The number of morpholine rings is 1. The second-order valence-electron chi connectivity index (χ2n) is 8.00. The van der Waals surface area contributed by atoms with Crippen LogP contribution in [-0.4, -0.2) is 69.3 Å². The fourth-order valence-electron chi connectivity index (χ4n) is 3.70. The first-order valence-electron chi connectivity index (χ1n) is 10.8. The van der Waals surface area contributed by atoms with Crippen molar-refractivity contribution in [3.63, 3.8) is 0 Å². The zero-order valence-corrected chi connectivity index (χ0v) is 20.5. The van der Waals surface area contributed by atoms with Crippen molar-refractivity contribution < 1.29 is 9.53 Å². The molecule has 0 aliphatic carbocycles. The van der Waals surface area contributed by atoms with Crippen LogP contribution in [0.4, 0.5) is 10.8 Å². The van der Waals surface area contributed by atoms with Gasteiger partial charge in [-0.2, -0.15) is 0 Å². The van der Waals surface area contributed by atoms with Gasteiger partial charge in [0.1, 0.15) is 0 Å². The van der Waals surface area contributed by atoms with E-state index >= 15 is 0 Å². The number of rotatable bonds is 7. The average molecular weight is 475 g/mol. The smallest absolute Gasteiger partial charge is 0.260 e. The fraction of sp³-hybridized carbons (Fsp3) is 0.417. The van der Waals surface area contributed by atoms with Crippen LogP contribution < -0.4 is 9.80 Å². The number of thiazole rings is 1. The summed E-state index contributed by atoms with van der Waals surface area (Å²) in [6, 6.07) is 14.1. The minimum absolute atomic E-state index is 0. The summed E-state index contributed by atoms with van der Waals surface area (Å²) in [4.78, 5) is 24.6. The van der Waals surface area contributed by atoms with E-state index in [0.717, 1.165) is 60.3 Å². The maximum Gasteiger partial charge on any atom is 0.260 e. The van der Waals surface area contributed by atoms with Gasteiger partial charge in [-0.05, 0) is 48.4 Å². The number of aryl methyl sites for hydroxylation is 1. The molecule has 1 saturated heterocycles. The number of nitrogens with zero attached hydrogens (tertiary/aromatic N) is 4. The molecule has 0 radical (unpaired) electrons. The van der Waals surface area contributed by atoms with Gasteiger partial charge in [-0.1, -0.05) is 24.3 Å². The van der Waals surface area contributed by atoms with Crippen LogP contribution in [0.15, 0.2) is 42.5 Å². The Balaban J connectivity index is 0.00000289. The van der Waals surface area contributed by atoms with E-state index in [1.807, 2.05) is 48.2 Å². The maximum atomic E-state index is 13.5. The summed E-state index contributed by atoms with van der Waals surface area (Å²) in [5, 5.41) is 0.762. The molecule has 0 bridgehead atoms. The number of benzene rings is 2. The third-order valence-electron chi connectivity index (χ3n) is 5.70. The van der Waals surface area contributed by atoms with Crippen molar-refractivity contribution in [3.8, 4) is 0 Å². The fourth-order valence-corrected chi connectivity index (χ4v) is 4.75. The number of carbonyl (C=O) groups excluding carboxylic acids is 1. The highest BCUT2D eigenvalue weighted by molar-refractivity contribution is 7.22. The third-order valence-corrected chi connectivity index (χ3v) is 6.74. The minimum Gasteiger partial charge on any atom is -0.379 e. The lowest BCUT2D eigenvalue weighted by atomic mass is 10.1. The number of hydrogen-bond donors (Lipinski definition) is 0. The SMILES string of the molecule is CCc1ccc2nc(N(CCN3CCOCC3)C(=O)c3ccc(N(C)C)cc3)sc2c1.Cl. The first-order valence-corrected chi connectivity index (χ1v) is 11.7. The second kappa shape index (κ2) is 11.1. The number of halogens is 1. The molecule has 32 heavy (non-hydrogen) atoms. The van der Waals surface area contributed by atoms with E-state index in [9.17, 15) is 4.79 Å². The molecule has 1 aromatic heterocycles. The van der Waals surface area contributed by atoms with Crippen molar-refractivity contribution in [3.05, 3.63) is 53.6 Å². The van der Waals surface area contributed by atoms with E-state index in [4.69, 9.17) is 9.72 Å². The second-order valence-corrected chi connectivity index (χ2v) is 9.01. The molecule has 1 aliphatic heterocycles. The molecule has 2 heterocycles. The van der Waals surface area contributed by atoms with E-state index in [1.54, 1.807) is 11.3 Å². The largest absolute Gasteiger partial charge is 0.379 e. The monoisotopic (exact) mass is 474 g/mol. The molecule has 0 unspecified atom stereocenters. The van der Waals surface area contributed by atoms with E-state index in [-0.39, 0.29) is 18.3 Å². The molecule has 1 fully saturated rings. The summed E-state index contributed by atoms with van der Waals surface area (Å²) in [6.07, 6.45) is 0.987. The standard InChI is InChI=1S/C24H30N4O2S.ClH/c1-4-18-5-10-21-22(17-18)31-24(25-21)28(12-11-27-13-15-30-16-14-27)23(29)19-6-8-20(9-7-19)26(2)3;/h5-10,17H,4,11-16H2,1-3H3;1H. The van der Waals surface area contributed by atoms with Gasteiger partial charge >= 0.3 is 0 Å². The average Bonchev–Trinajstić information content (AvgIpc) is 3.22. The zero-order valence-electron chi connectivity index (χ0n) is 18.9. The molecular weight excluding hydrogens is 444 g/mol. The number of carbonyl (C=O) groups is 1. The van der Waals surface area contributed by atoms with Gasteiger partial charge in [0.2, 0.25) is 0 Å². The third kappa shape index (κ3) is 5.59. The lowest BCUT2D eigenvalue weighted by Gasteiger charge is -2.29. The number of aromatic nitrogens is 1. The van der Waals surface area contributed by atoms with Crippen molar-refractivity contribution in [1.29, 1.82) is 0 Å². The molecule has 2 aromatic carbocycles. The number of hydrogen-bond acceptors (Lipinski definition) is 6. The highest BCUT2D eigenvalue weighted by Crippen LogP contribution is 2.31. The molecule has 1 aliphatic rings.